The van der Waals surface area contributed by atoms with Gasteiger partial charge in [0, 0.05) is 11.1 Å². The van der Waals surface area contributed by atoms with Crippen molar-refractivity contribution in [3.05, 3.63) is 33.3 Å². The first kappa shape index (κ1) is 8.89. The summed E-state index contributed by atoms with van der Waals surface area (Å²) >= 11 is 1.40. The van der Waals surface area contributed by atoms with Crippen LogP contribution in [-0.2, 0) is 0 Å². The molecular weight excluding hydrogens is 204 g/mol. The molecule has 14 heavy (non-hydrogen) atoms. The van der Waals surface area contributed by atoms with Crippen LogP contribution in [0.1, 0.15) is 5.69 Å². The first-order valence-corrected chi connectivity index (χ1v) is 4.71. The summed E-state index contributed by atoms with van der Waals surface area (Å²) in [5.41, 5.74) is 0.879. The van der Waals surface area contributed by atoms with E-state index in [-0.39, 0.29) is 5.88 Å². The lowest BCUT2D eigenvalue weighted by Gasteiger charge is -1.86. The third-order valence-electron chi connectivity index (χ3n) is 1.60. The average molecular weight is 210 g/mol. The number of hydrogen-bond acceptors (Lipinski definition) is 5. The molecule has 2 rings (SSSR count). The molecule has 0 atom stereocenters. The SMILES string of the molecule is Cc1csc(-c2ccc([N+](=O)[O-])o2)n1. The van der Waals surface area contributed by atoms with Crippen molar-refractivity contribution in [3.8, 4) is 10.8 Å². The van der Waals surface area contributed by atoms with Crippen LogP contribution in [0.15, 0.2) is 21.9 Å². The van der Waals surface area contributed by atoms with Gasteiger partial charge in [-0.15, -0.1) is 11.3 Å². The predicted molar refractivity (Wildman–Crippen MR) is 51.2 cm³/mol. The standard InChI is InChI=1S/C8H6N2O3S/c1-5-4-14-8(9-5)6-2-3-7(13-6)10(11)12/h2-4H,1H3. The number of nitrogens with zero attached hydrogens (tertiary/aromatic N) is 2. The lowest BCUT2D eigenvalue weighted by Crippen LogP contribution is -1.82. The van der Waals surface area contributed by atoms with E-state index in [9.17, 15) is 10.1 Å². The third kappa shape index (κ3) is 1.51. The number of thiazole rings is 1. The molecule has 0 saturated heterocycles. The minimum absolute atomic E-state index is 0.257. The van der Waals surface area contributed by atoms with Gasteiger partial charge >= 0.3 is 5.88 Å². The van der Waals surface area contributed by atoms with E-state index >= 15 is 0 Å². The van der Waals surface area contributed by atoms with Crippen LogP contribution in [-0.4, -0.2) is 9.91 Å². The molecule has 0 N–H and O–H groups in total. The van der Waals surface area contributed by atoms with Crippen molar-refractivity contribution in [2.75, 3.05) is 0 Å². The zero-order chi connectivity index (χ0) is 10.1. The zero-order valence-electron chi connectivity index (χ0n) is 7.26. The second-order valence-corrected chi connectivity index (χ2v) is 3.55. The van der Waals surface area contributed by atoms with E-state index < -0.39 is 4.92 Å². The minimum Gasteiger partial charge on any atom is -0.398 e. The monoisotopic (exact) mass is 210 g/mol. The molecule has 0 fully saturated rings. The summed E-state index contributed by atoms with van der Waals surface area (Å²) in [7, 11) is 0. The lowest BCUT2D eigenvalue weighted by atomic mass is 10.4. The highest BCUT2D eigenvalue weighted by Crippen LogP contribution is 2.28. The van der Waals surface area contributed by atoms with Crippen molar-refractivity contribution < 1.29 is 9.34 Å². The number of hydrogen-bond donors (Lipinski definition) is 0. The molecule has 0 radical (unpaired) electrons. The van der Waals surface area contributed by atoms with Crippen molar-refractivity contribution in [3.63, 3.8) is 0 Å². The van der Waals surface area contributed by atoms with E-state index in [1.807, 2.05) is 12.3 Å². The van der Waals surface area contributed by atoms with Crippen LogP contribution in [0.2, 0.25) is 0 Å². The van der Waals surface area contributed by atoms with E-state index in [2.05, 4.69) is 4.98 Å². The summed E-state index contributed by atoms with van der Waals surface area (Å²) < 4.78 is 4.99. The van der Waals surface area contributed by atoms with Crippen molar-refractivity contribution >= 4 is 17.2 Å². The van der Waals surface area contributed by atoms with Gasteiger partial charge in [-0.05, 0) is 13.0 Å². The number of aryl methyl sites for hydroxylation is 1. The Kier molecular flexibility index (Phi) is 2.05. The molecule has 5 nitrogen and oxygen atoms in total. The molecule has 0 spiro atoms. The molecular formula is C8H6N2O3S. The van der Waals surface area contributed by atoms with Crippen LogP contribution < -0.4 is 0 Å². The molecule has 0 saturated carbocycles. The van der Waals surface area contributed by atoms with Crippen LogP contribution in [0.3, 0.4) is 0 Å². The van der Waals surface area contributed by atoms with Crippen LogP contribution in [0.5, 0.6) is 0 Å². The van der Waals surface area contributed by atoms with Gasteiger partial charge in [-0.25, -0.2) is 4.98 Å². The average Bonchev–Trinajstić information content (AvgIpc) is 2.70. The fourth-order valence-electron chi connectivity index (χ4n) is 1.01. The molecule has 0 aromatic carbocycles. The van der Waals surface area contributed by atoms with E-state index in [1.165, 1.54) is 17.4 Å². The third-order valence-corrected chi connectivity index (χ3v) is 2.58. The maximum atomic E-state index is 10.3. The van der Waals surface area contributed by atoms with Crippen molar-refractivity contribution in [1.82, 2.24) is 4.98 Å². The van der Waals surface area contributed by atoms with Crippen LogP contribution in [0.25, 0.3) is 10.8 Å². The van der Waals surface area contributed by atoms with Gasteiger partial charge < -0.3 is 4.42 Å². The largest absolute Gasteiger partial charge is 0.433 e. The summed E-state index contributed by atoms with van der Waals surface area (Å²) in [5, 5.41) is 12.9. The molecule has 0 unspecified atom stereocenters. The van der Waals surface area contributed by atoms with Crippen molar-refractivity contribution in [1.29, 1.82) is 0 Å². The summed E-state index contributed by atoms with van der Waals surface area (Å²) in [4.78, 5) is 13.9. The van der Waals surface area contributed by atoms with Crippen molar-refractivity contribution in [2.24, 2.45) is 0 Å². The van der Waals surface area contributed by atoms with Gasteiger partial charge in [0.25, 0.3) is 0 Å². The van der Waals surface area contributed by atoms with Gasteiger partial charge in [0.05, 0.1) is 6.07 Å². The highest BCUT2D eigenvalue weighted by atomic mass is 32.1. The number of nitro groups is 1. The fraction of sp³-hybridized carbons (Fsp3) is 0.125. The Balaban J connectivity index is 2.38. The van der Waals surface area contributed by atoms with Crippen LogP contribution in [0, 0.1) is 17.0 Å². The molecule has 0 bridgehead atoms. The Morgan fingerprint density at radius 2 is 2.36 bits per heavy atom. The van der Waals surface area contributed by atoms with E-state index in [4.69, 9.17) is 4.42 Å². The van der Waals surface area contributed by atoms with Gasteiger partial charge in [-0.1, -0.05) is 0 Å². The highest BCUT2D eigenvalue weighted by Gasteiger charge is 2.14. The second kappa shape index (κ2) is 3.22. The maximum Gasteiger partial charge on any atom is 0.433 e. The molecule has 0 amide bonds. The predicted octanol–water partition coefficient (Wildman–Crippen LogP) is 2.62. The Morgan fingerprint density at radius 1 is 1.57 bits per heavy atom. The normalized spacial score (nSPS) is 10.4. The lowest BCUT2D eigenvalue weighted by molar-refractivity contribution is -0.401. The Labute approximate surface area is 83.2 Å². The van der Waals surface area contributed by atoms with E-state index in [0.29, 0.717) is 10.8 Å². The minimum atomic E-state index is -0.566. The molecule has 6 heteroatoms. The number of rotatable bonds is 2. The molecule has 0 aliphatic carbocycles. The van der Waals surface area contributed by atoms with Gasteiger partial charge in [0.15, 0.2) is 10.8 Å². The summed E-state index contributed by atoms with van der Waals surface area (Å²) in [6.07, 6.45) is 0. The second-order valence-electron chi connectivity index (χ2n) is 2.69. The molecule has 0 aliphatic rings. The number of furan rings is 1. The summed E-state index contributed by atoms with van der Waals surface area (Å²) in [6.45, 7) is 1.86. The maximum absolute atomic E-state index is 10.3. The topological polar surface area (TPSA) is 69.2 Å². The van der Waals surface area contributed by atoms with Crippen molar-refractivity contribution in [2.45, 2.75) is 6.92 Å². The number of aromatic nitrogens is 1. The molecule has 72 valence electrons. The first-order chi connectivity index (χ1) is 6.66. The quantitative estimate of drug-likeness (QED) is 0.564. The van der Waals surface area contributed by atoms with Gasteiger partial charge in [0.1, 0.15) is 4.92 Å². The molecule has 0 aliphatic heterocycles. The zero-order valence-corrected chi connectivity index (χ0v) is 8.08. The Morgan fingerprint density at radius 3 is 2.86 bits per heavy atom. The van der Waals surface area contributed by atoms with Gasteiger partial charge in [-0.2, -0.15) is 0 Å². The van der Waals surface area contributed by atoms with Gasteiger partial charge in [-0.3, -0.25) is 10.1 Å². The smallest absolute Gasteiger partial charge is 0.398 e. The van der Waals surface area contributed by atoms with Gasteiger partial charge in [0.2, 0.25) is 0 Å². The summed E-state index contributed by atoms with van der Waals surface area (Å²) in [6, 6.07) is 2.88. The molecule has 2 aromatic heterocycles. The summed E-state index contributed by atoms with van der Waals surface area (Å²) in [5.74, 6) is 0.183. The van der Waals surface area contributed by atoms with E-state index in [1.54, 1.807) is 6.07 Å². The van der Waals surface area contributed by atoms with Crippen LogP contribution >= 0.6 is 11.3 Å². The molecule has 2 aromatic rings. The Hall–Kier alpha value is -1.69. The highest BCUT2D eigenvalue weighted by molar-refractivity contribution is 7.13. The Bertz CT molecular complexity index is 474. The fourth-order valence-corrected chi connectivity index (χ4v) is 1.77. The van der Waals surface area contributed by atoms with Crippen LogP contribution in [0.4, 0.5) is 5.88 Å². The van der Waals surface area contributed by atoms with E-state index in [0.717, 1.165) is 5.69 Å². The molecule has 2 heterocycles. The first-order valence-electron chi connectivity index (χ1n) is 3.83.